The van der Waals surface area contributed by atoms with Crippen LogP contribution in [0, 0.1) is 11.3 Å². The molecule has 0 aliphatic carbocycles. The lowest BCUT2D eigenvalue weighted by atomic mass is 9.99. The maximum absolute atomic E-state index is 12.8. The Bertz CT molecular complexity index is 1410. The number of benzene rings is 2. The van der Waals surface area contributed by atoms with E-state index in [-0.39, 0.29) is 18.0 Å². The van der Waals surface area contributed by atoms with E-state index in [2.05, 4.69) is 43.5 Å². The Labute approximate surface area is 219 Å². The van der Waals surface area contributed by atoms with E-state index >= 15 is 0 Å². The normalized spacial score (nSPS) is 15.1. The minimum Gasteiger partial charge on any atom is -0.469 e. The van der Waals surface area contributed by atoms with Crippen LogP contribution in [-0.2, 0) is 6.42 Å². The van der Waals surface area contributed by atoms with Crippen molar-refractivity contribution in [3.05, 3.63) is 102 Å². The number of nitrogens with one attached hydrogen (secondary N) is 2. The van der Waals surface area contributed by atoms with Gasteiger partial charge in [-0.05, 0) is 54.4 Å². The topological polar surface area (TPSA) is 92.1 Å². The molecule has 4 aromatic rings. The van der Waals surface area contributed by atoms with Crippen LogP contribution in [-0.4, -0.2) is 35.8 Å². The number of fused-ring (bicyclic) bond motifs is 1. The summed E-state index contributed by atoms with van der Waals surface area (Å²) < 4.78 is 36.6. The van der Waals surface area contributed by atoms with Gasteiger partial charge in [-0.2, -0.15) is 14.0 Å². The summed E-state index contributed by atoms with van der Waals surface area (Å²) in [5.74, 6) is 0.273. The number of pyridine rings is 2. The van der Waals surface area contributed by atoms with Gasteiger partial charge in [0.25, 0.3) is 0 Å². The first-order valence-corrected chi connectivity index (χ1v) is 12.2. The van der Waals surface area contributed by atoms with Crippen LogP contribution in [0.4, 0.5) is 14.5 Å². The van der Waals surface area contributed by atoms with Crippen LogP contribution in [0.25, 0.3) is 11.1 Å². The van der Waals surface area contributed by atoms with E-state index in [1.165, 1.54) is 6.20 Å². The number of alkyl halides is 2. The van der Waals surface area contributed by atoms with Gasteiger partial charge >= 0.3 is 6.61 Å². The Balaban J connectivity index is 1.32. The molecule has 7 nitrogen and oxygen atoms in total. The SMILES string of the molecule is N#Cc1ccc(CCN[C@H](c2ccccc2)[C@@H]2CNc3cc(-c4cccnc4OC(F)F)cnc3O2)cc1. The molecule has 2 aromatic carbocycles. The van der Waals surface area contributed by atoms with Gasteiger partial charge in [-0.15, -0.1) is 0 Å². The van der Waals surface area contributed by atoms with Crippen LogP contribution in [0.5, 0.6) is 11.8 Å². The van der Waals surface area contributed by atoms with Gasteiger partial charge in [0.15, 0.2) is 0 Å². The molecule has 1 aliphatic heterocycles. The average Bonchev–Trinajstić information content (AvgIpc) is 2.95. The van der Waals surface area contributed by atoms with Crippen molar-refractivity contribution in [1.29, 1.82) is 5.26 Å². The van der Waals surface area contributed by atoms with Crippen molar-refractivity contribution in [2.45, 2.75) is 25.2 Å². The number of ether oxygens (including phenoxy) is 2. The first-order chi connectivity index (χ1) is 18.6. The van der Waals surface area contributed by atoms with E-state index in [9.17, 15) is 8.78 Å². The third-order valence-electron chi connectivity index (χ3n) is 6.28. The molecular formula is C29H25F2N5O2. The first-order valence-electron chi connectivity index (χ1n) is 12.2. The summed E-state index contributed by atoms with van der Waals surface area (Å²) in [5, 5.41) is 16.0. The molecule has 0 amide bonds. The molecule has 192 valence electrons. The Hall–Kier alpha value is -4.55. The van der Waals surface area contributed by atoms with E-state index < -0.39 is 6.61 Å². The summed E-state index contributed by atoms with van der Waals surface area (Å²) in [6.07, 6.45) is 3.51. The van der Waals surface area contributed by atoms with Crippen LogP contribution >= 0.6 is 0 Å². The Kier molecular flexibility index (Phi) is 7.71. The molecule has 1 aliphatic rings. The van der Waals surface area contributed by atoms with Crippen molar-refractivity contribution < 1.29 is 18.3 Å². The zero-order chi connectivity index (χ0) is 26.3. The maximum atomic E-state index is 12.8. The number of hydrogen-bond acceptors (Lipinski definition) is 7. The van der Waals surface area contributed by atoms with Crippen molar-refractivity contribution in [1.82, 2.24) is 15.3 Å². The number of nitrogens with zero attached hydrogens (tertiary/aromatic N) is 3. The zero-order valence-electron chi connectivity index (χ0n) is 20.4. The number of halogens is 2. The van der Waals surface area contributed by atoms with Gasteiger partial charge < -0.3 is 20.1 Å². The van der Waals surface area contributed by atoms with Crippen LogP contribution in [0.3, 0.4) is 0 Å². The number of rotatable bonds is 9. The summed E-state index contributed by atoms with van der Waals surface area (Å²) in [4.78, 5) is 8.41. The van der Waals surface area contributed by atoms with Crippen LogP contribution in [0.15, 0.2) is 85.2 Å². The van der Waals surface area contributed by atoms with Gasteiger partial charge in [0.1, 0.15) is 6.10 Å². The monoisotopic (exact) mass is 513 g/mol. The molecule has 0 unspecified atom stereocenters. The molecular weight excluding hydrogens is 488 g/mol. The lowest BCUT2D eigenvalue weighted by Gasteiger charge is -2.33. The summed E-state index contributed by atoms with van der Waals surface area (Å²) in [5.41, 5.74) is 4.52. The van der Waals surface area contributed by atoms with Crippen molar-refractivity contribution in [2.24, 2.45) is 0 Å². The largest absolute Gasteiger partial charge is 0.469 e. The van der Waals surface area contributed by atoms with E-state index in [1.807, 2.05) is 42.5 Å². The number of hydrogen-bond donors (Lipinski definition) is 2. The fourth-order valence-electron chi connectivity index (χ4n) is 4.43. The summed E-state index contributed by atoms with van der Waals surface area (Å²) in [6.45, 7) is -1.76. The van der Waals surface area contributed by atoms with Crippen molar-refractivity contribution >= 4 is 5.69 Å². The smallest absolute Gasteiger partial charge is 0.388 e. The van der Waals surface area contributed by atoms with Gasteiger partial charge in [-0.1, -0.05) is 42.5 Å². The molecule has 5 rings (SSSR count). The molecule has 0 saturated heterocycles. The first kappa shape index (κ1) is 25.1. The van der Waals surface area contributed by atoms with E-state index in [4.69, 9.17) is 10.00 Å². The second-order valence-electron chi connectivity index (χ2n) is 8.75. The van der Waals surface area contributed by atoms with E-state index in [1.54, 1.807) is 24.4 Å². The van der Waals surface area contributed by atoms with E-state index in [0.717, 1.165) is 17.5 Å². The number of aromatic nitrogens is 2. The van der Waals surface area contributed by atoms with Gasteiger partial charge in [0.2, 0.25) is 11.8 Å². The summed E-state index contributed by atoms with van der Waals surface area (Å²) >= 11 is 0. The molecule has 38 heavy (non-hydrogen) atoms. The lowest BCUT2D eigenvalue weighted by molar-refractivity contribution is -0.0524. The second-order valence-corrected chi connectivity index (χ2v) is 8.75. The molecule has 2 atom stereocenters. The van der Waals surface area contributed by atoms with Crippen LogP contribution < -0.4 is 20.1 Å². The minimum atomic E-state index is -2.98. The molecule has 0 spiro atoms. The molecule has 9 heteroatoms. The molecule has 3 heterocycles. The molecule has 0 fully saturated rings. The van der Waals surface area contributed by atoms with Crippen molar-refractivity contribution in [2.75, 3.05) is 18.4 Å². The molecule has 0 bridgehead atoms. The van der Waals surface area contributed by atoms with Crippen molar-refractivity contribution in [3.63, 3.8) is 0 Å². The fourth-order valence-corrected chi connectivity index (χ4v) is 4.43. The highest BCUT2D eigenvalue weighted by molar-refractivity contribution is 5.73. The fraction of sp³-hybridized carbons (Fsp3) is 0.207. The summed E-state index contributed by atoms with van der Waals surface area (Å²) in [6, 6.07) is 24.8. The Morgan fingerprint density at radius 3 is 2.66 bits per heavy atom. The lowest BCUT2D eigenvalue weighted by Crippen LogP contribution is -2.43. The molecule has 2 aromatic heterocycles. The second kappa shape index (κ2) is 11.7. The molecule has 2 N–H and O–H groups in total. The van der Waals surface area contributed by atoms with Crippen molar-refractivity contribution in [3.8, 4) is 29.0 Å². The predicted molar refractivity (Wildman–Crippen MR) is 139 cm³/mol. The summed E-state index contributed by atoms with van der Waals surface area (Å²) in [7, 11) is 0. The zero-order valence-corrected chi connectivity index (χ0v) is 20.4. The van der Waals surface area contributed by atoms with Gasteiger partial charge in [0.05, 0.1) is 29.9 Å². The highest BCUT2D eigenvalue weighted by Gasteiger charge is 2.30. The van der Waals surface area contributed by atoms with Gasteiger partial charge in [-0.3, -0.25) is 0 Å². The third kappa shape index (κ3) is 5.88. The average molecular weight is 514 g/mol. The van der Waals surface area contributed by atoms with Crippen LogP contribution in [0.2, 0.25) is 0 Å². The quantitative estimate of drug-likeness (QED) is 0.311. The standard InChI is InChI=1S/C29H25F2N5O2/c30-29(31)38-27-23(7-4-13-34-27)22-15-24-28(36-17-22)37-25(18-35-24)26(21-5-2-1-3-6-21)33-14-12-19-8-10-20(16-32)11-9-19/h1-11,13,15,17,25-26,29,33,35H,12,14,18H2/t25-,26+/m0/s1. The Morgan fingerprint density at radius 2 is 1.89 bits per heavy atom. The van der Waals surface area contributed by atoms with Crippen LogP contribution in [0.1, 0.15) is 22.7 Å². The maximum Gasteiger partial charge on any atom is 0.388 e. The predicted octanol–water partition coefficient (Wildman–Crippen LogP) is 5.36. The highest BCUT2D eigenvalue weighted by Crippen LogP contribution is 2.36. The van der Waals surface area contributed by atoms with Gasteiger partial charge in [0, 0.05) is 23.5 Å². The van der Waals surface area contributed by atoms with Gasteiger partial charge in [-0.25, -0.2) is 9.97 Å². The molecule has 0 radical (unpaired) electrons. The minimum absolute atomic E-state index is 0.110. The van der Waals surface area contributed by atoms with E-state index in [0.29, 0.717) is 41.3 Å². The Morgan fingerprint density at radius 1 is 1.08 bits per heavy atom. The third-order valence-corrected chi connectivity index (χ3v) is 6.28. The number of anilines is 1. The molecule has 0 saturated carbocycles. The highest BCUT2D eigenvalue weighted by atomic mass is 19.3. The number of nitriles is 1.